The van der Waals surface area contributed by atoms with Crippen LogP contribution in [0, 0.1) is 6.92 Å². The lowest BCUT2D eigenvalue weighted by Gasteiger charge is -2.34. The van der Waals surface area contributed by atoms with E-state index in [0.717, 1.165) is 35.8 Å². The minimum atomic E-state index is -4.84. The Kier molecular flexibility index (Phi) is 6.74. The second-order valence-corrected chi connectivity index (χ2v) is 7.98. The van der Waals surface area contributed by atoms with Crippen molar-refractivity contribution >= 4 is 22.3 Å². The molecule has 1 saturated heterocycles. The fourth-order valence-electron chi connectivity index (χ4n) is 3.66. The van der Waals surface area contributed by atoms with E-state index < -0.39 is 28.4 Å². The number of fused-ring (bicyclic) bond motifs is 1. The van der Waals surface area contributed by atoms with Gasteiger partial charge in [0.25, 0.3) is 5.91 Å². The number of hydrogen-bond acceptors (Lipinski definition) is 7. The summed E-state index contributed by atoms with van der Waals surface area (Å²) >= 11 is 0. The molecule has 0 aliphatic carbocycles. The maximum atomic E-state index is 12.5. The number of rotatable bonds is 6. The highest BCUT2D eigenvalue weighted by Crippen LogP contribution is 2.21. The molecule has 1 aromatic rings. The van der Waals surface area contributed by atoms with Crippen molar-refractivity contribution in [2.24, 2.45) is 0 Å². The van der Waals surface area contributed by atoms with Gasteiger partial charge >= 0.3 is 16.4 Å². The predicted molar refractivity (Wildman–Crippen MR) is 99.5 cm³/mol. The molecule has 29 heavy (non-hydrogen) atoms. The van der Waals surface area contributed by atoms with Crippen LogP contribution >= 0.6 is 0 Å². The summed E-state index contributed by atoms with van der Waals surface area (Å²) in [7, 11) is -4.84. The number of aryl methyl sites for hydroxylation is 1. The molecular weight excluding hydrogens is 406 g/mol. The molecule has 12 nitrogen and oxygen atoms in total. The molecule has 2 atom stereocenters. The molecule has 4 N–H and O–H groups in total. The molecule has 162 valence electrons. The summed E-state index contributed by atoms with van der Waals surface area (Å²) in [6.45, 7) is 4.13. The van der Waals surface area contributed by atoms with Gasteiger partial charge < -0.3 is 14.8 Å². The molecule has 0 spiro atoms. The Hall–Kier alpha value is -2.19. The minimum Gasteiger partial charge on any atom is -0.346 e. The third-order valence-corrected chi connectivity index (χ3v) is 5.33. The fourth-order valence-corrected chi connectivity index (χ4v) is 3.83. The second kappa shape index (κ2) is 9.09. The first-order chi connectivity index (χ1) is 13.8. The van der Waals surface area contributed by atoms with Gasteiger partial charge in [-0.3, -0.25) is 14.2 Å². The van der Waals surface area contributed by atoms with Gasteiger partial charge in [-0.15, -0.1) is 4.28 Å². The zero-order chi connectivity index (χ0) is 21.0. The van der Waals surface area contributed by atoms with Crippen molar-refractivity contribution in [3.8, 4) is 0 Å². The van der Waals surface area contributed by atoms with E-state index in [0.29, 0.717) is 12.8 Å². The monoisotopic (exact) mass is 431 g/mol. The summed E-state index contributed by atoms with van der Waals surface area (Å²) in [6.07, 6.45) is 1.75. The number of nitrogens with one attached hydrogen (secondary N) is 3. The van der Waals surface area contributed by atoms with Crippen LogP contribution in [0.2, 0.25) is 0 Å². The molecule has 0 radical (unpaired) electrons. The van der Waals surface area contributed by atoms with Crippen LogP contribution in [0.1, 0.15) is 36.7 Å². The van der Waals surface area contributed by atoms with Crippen molar-refractivity contribution < 1.29 is 31.7 Å². The number of carbonyl (C=O) groups is 2. The van der Waals surface area contributed by atoms with Gasteiger partial charge in [-0.1, -0.05) is 0 Å². The van der Waals surface area contributed by atoms with E-state index in [-0.39, 0.29) is 19.2 Å². The second-order valence-electron chi connectivity index (χ2n) is 6.96. The Morgan fingerprint density at radius 2 is 2.07 bits per heavy atom. The highest BCUT2D eigenvalue weighted by Gasteiger charge is 2.33. The highest BCUT2D eigenvalue weighted by molar-refractivity contribution is 7.80. The molecule has 0 aromatic carbocycles. The molecule has 3 rings (SSSR count). The maximum Gasteiger partial charge on any atom is 0.418 e. The van der Waals surface area contributed by atoms with Crippen molar-refractivity contribution in [3.05, 3.63) is 23.5 Å². The number of hydrogen-bond donors (Lipinski definition) is 4. The fraction of sp³-hybridized carbons (Fsp3) is 0.625. The van der Waals surface area contributed by atoms with Crippen LogP contribution in [0.4, 0.5) is 4.79 Å². The SMILES string of the molecule is Cc1ccc2n1CCNC2CONC(=O)[C@@H]1CCCCN1C(=O)NOS(=O)(=O)O. The van der Waals surface area contributed by atoms with Gasteiger partial charge in [0.2, 0.25) is 0 Å². The summed E-state index contributed by atoms with van der Waals surface area (Å²) in [5.74, 6) is -0.519. The lowest BCUT2D eigenvalue weighted by Crippen LogP contribution is -2.55. The average Bonchev–Trinajstić information content (AvgIpc) is 3.07. The van der Waals surface area contributed by atoms with Crippen molar-refractivity contribution in [2.75, 3.05) is 19.7 Å². The van der Waals surface area contributed by atoms with Gasteiger partial charge in [0.15, 0.2) is 0 Å². The molecule has 1 unspecified atom stereocenters. The van der Waals surface area contributed by atoms with E-state index in [9.17, 15) is 18.0 Å². The van der Waals surface area contributed by atoms with Crippen LogP contribution in [0.15, 0.2) is 12.1 Å². The summed E-state index contributed by atoms with van der Waals surface area (Å²) in [5.41, 5.74) is 6.22. The van der Waals surface area contributed by atoms with Gasteiger partial charge in [-0.05, 0) is 38.3 Å². The zero-order valence-electron chi connectivity index (χ0n) is 16.0. The van der Waals surface area contributed by atoms with Gasteiger partial charge in [-0.2, -0.15) is 13.9 Å². The van der Waals surface area contributed by atoms with Crippen molar-refractivity contribution in [1.82, 2.24) is 25.7 Å². The first kappa shape index (κ1) is 21.5. The van der Waals surface area contributed by atoms with E-state index in [1.807, 2.05) is 19.1 Å². The number of nitrogens with zero attached hydrogens (tertiary/aromatic N) is 2. The Balaban J connectivity index is 1.53. The molecule has 2 aliphatic rings. The number of piperidine rings is 1. The van der Waals surface area contributed by atoms with E-state index in [4.69, 9.17) is 9.39 Å². The number of carbonyl (C=O) groups excluding carboxylic acids is 2. The lowest BCUT2D eigenvalue weighted by molar-refractivity contribution is -0.140. The first-order valence-corrected chi connectivity index (χ1v) is 10.7. The molecule has 0 saturated carbocycles. The molecule has 13 heteroatoms. The minimum absolute atomic E-state index is 0.0772. The Morgan fingerprint density at radius 3 is 2.83 bits per heavy atom. The lowest BCUT2D eigenvalue weighted by atomic mass is 10.0. The molecule has 1 aromatic heterocycles. The van der Waals surface area contributed by atoms with Gasteiger partial charge in [0, 0.05) is 31.0 Å². The van der Waals surface area contributed by atoms with Crippen LogP contribution in [0.25, 0.3) is 0 Å². The van der Waals surface area contributed by atoms with Crippen LogP contribution in [-0.2, 0) is 30.9 Å². The van der Waals surface area contributed by atoms with Crippen LogP contribution < -0.4 is 16.3 Å². The van der Waals surface area contributed by atoms with Crippen LogP contribution in [0.3, 0.4) is 0 Å². The Morgan fingerprint density at radius 1 is 1.28 bits per heavy atom. The summed E-state index contributed by atoms with van der Waals surface area (Å²) in [5, 5.41) is 3.33. The number of urea groups is 1. The molecule has 1 fully saturated rings. The number of likely N-dealkylation sites (tertiary alicyclic amines) is 1. The normalized spacial score (nSPS) is 22.1. The number of amides is 3. The third kappa shape index (κ3) is 5.45. The van der Waals surface area contributed by atoms with E-state index in [1.165, 1.54) is 0 Å². The largest absolute Gasteiger partial charge is 0.418 e. The summed E-state index contributed by atoms with van der Waals surface area (Å²) < 4.78 is 35.8. The molecule has 3 amide bonds. The van der Waals surface area contributed by atoms with Gasteiger partial charge in [0.05, 0.1) is 12.6 Å². The molecule has 2 aliphatic heterocycles. The first-order valence-electron chi connectivity index (χ1n) is 9.30. The van der Waals surface area contributed by atoms with E-state index >= 15 is 0 Å². The van der Waals surface area contributed by atoms with Gasteiger partial charge in [0.1, 0.15) is 6.04 Å². The van der Waals surface area contributed by atoms with Crippen molar-refractivity contribution in [3.63, 3.8) is 0 Å². The summed E-state index contributed by atoms with van der Waals surface area (Å²) in [4.78, 5) is 31.2. The quantitative estimate of drug-likeness (QED) is 0.357. The topological polar surface area (TPSA) is 151 Å². The Labute approximate surface area is 168 Å². The van der Waals surface area contributed by atoms with Crippen LogP contribution in [-0.4, -0.2) is 60.1 Å². The molecular formula is C16H25N5O7S. The van der Waals surface area contributed by atoms with E-state index in [1.54, 1.807) is 5.48 Å². The maximum absolute atomic E-state index is 12.5. The highest BCUT2D eigenvalue weighted by atomic mass is 32.3. The van der Waals surface area contributed by atoms with E-state index in [2.05, 4.69) is 19.6 Å². The van der Waals surface area contributed by atoms with Crippen molar-refractivity contribution in [2.45, 2.75) is 44.8 Å². The van der Waals surface area contributed by atoms with Crippen molar-refractivity contribution in [1.29, 1.82) is 0 Å². The Bertz CT molecular complexity index is 856. The zero-order valence-corrected chi connectivity index (χ0v) is 16.8. The summed E-state index contributed by atoms with van der Waals surface area (Å²) in [6, 6.07) is 2.18. The predicted octanol–water partition coefficient (Wildman–Crippen LogP) is -0.213. The standard InChI is InChI=1S/C16H25N5O7S/c1-11-5-6-13-12(17-7-9-20(11)13)10-27-18-15(22)14-4-2-3-8-21(14)16(23)19-28-29(24,25)26/h5-6,12,14,17H,2-4,7-10H2,1H3,(H,18,22)(H,19,23)(H,24,25,26)/t12?,14-/m0/s1. The third-order valence-electron chi connectivity index (χ3n) is 5.04. The van der Waals surface area contributed by atoms with Crippen LogP contribution in [0.5, 0.6) is 0 Å². The molecule has 3 heterocycles. The molecule has 0 bridgehead atoms. The number of aromatic nitrogens is 1. The number of hydroxylamine groups is 2. The smallest absolute Gasteiger partial charge is 0.346 e. The average molecular weight is 431 g/mol. The van der Waals surface area contributed by atoms with Gasteiger partial charge in [-0.25, -0.2) is 10.3 Å².